The van der Waals surface area contributed by atoms with Crippen molar-refractivity contribution in [2.45, 2.75) is 19.5 Å². The molecule has 1 aromatic heterocycles. The van der Waals surface area contributed by atoms with Gasteiger partial charge in [0.05, 0.1) is 6.20 Å². The first-order valence-electron chi connectivity index (χ1n) is 5.33. The third-order valence-corrected chi connectivity index (χ3v) is 3.78. The molecule has 2 N–H and O–H groups in total. The highest BCUT2D eigenvalue weighted by molar-refractivity contribution is 9.11. The summed E-state index contributed by atoms with van der Waals surface area (Å²) in [5.74, 6) is 0. The van der Waals surface area contributed by atoms with E-state index in [2.05, 4.69) is 72.5 Å². The Bertz CT molecular complexity index is 483. The highest BCUT2D eigenvalue weighted by Crippen LogP contribution is 2.26. The van der Waals surface area contributed by atoms with Crippen molar-refractivity contribution in [3.8, 4) is 0 Å². The summed E-state index contributed by atoms with van der Waals surface area (Å²) in [6, 6.07) is 6.51. The molecule has 0 saturated carbocycles. The van der Waals surface area contributed by atoms with Crippen molar-refractivity contribution in [1.29, 1.82) is 0 Å². The average Bonchev–Trinajstić information content (AvgIpc) is 2.78. The molecule has 1 heterocycles. The zero-order valence-electron chi connectivity index (χ0n) is 9.37. The van der Waals surface area contributed by atoms with E-state index in [-0.39, 0.29) is 6.04 Å². The van der Waals surface area contributed by atoms with Crippen LogP contribution in [0.1, 0.15) is 24.1 Å². The summed E-state index contributed by atoms with van der Waals surface area (Å²) in [6.07, 6.45) is 3.73. The van der Waals surface area contributed by atoms with Crippen molar-refractivity contribution in [3.63, 3.8) is 0 Å². The lowest BCUT2D eigenvalue weighted by molar-refractivity contribution is 0.573. The van der Waals surface area contributed by atoms with Crippen molar-refractivity contribution in [2.75, 3.05) is 0 Å². The Labute approximate surface area is 117 Å². The van der Waals surface area contributed by atoms with Crippen molar-refractivity contribution in [2.24, 2.45) is 0 Å². The van der Waals surface area contributed by atoms with Gasteiger partial charge in [0.15, 0.2) is 0 Å². The van der Waals surface area contributed by atoms with Crippen LogP contribution < -0.4 is 5.32 Å². The van der Waals surface area contributed by atoms with Gasteiger partial charge in [0.2, 0.25) is 0 Å². The molecule has 0 fully saturated rings. The number of aromatic nitrogens is 2. The minimum absolute atomic E-state index is 0.285. The molecule has 0 bridgehead atoms. The van der Waals surface area contributed by atoms with Crippen LogP contribution in [0.25, 0.3) is 0 Å². The number of benzene rings is 1. The zero-order valence-corrected chi connectivity index (χ0v) is 12.5. The predicted molar refractivity (Wildman–Crippen MR) is 75.7 cm³/mol. The lowest BCUT2D eigenvalue weighted by Gasteiger charge is -2.15. The van der Waals surface area contributed by atoms with Gasteiger partial charge in [0, 0.05) is 33.3 Å². The van der Waals surface area contributed by atoms with Crippen LogP contribution in [-0.4, -0.2) is 10.2 Å². The van der Waals surface area contributed by atoms with Gasteiger partial charge in [-0.3, -0.25) is 5.10 Å². The van der Waals surface area contributed by atoms with Crippen molar-refractivity contribution >= 4 is 31.9 Å². The monoisotopic (exact) mass is 357 g/mol. The molecule has 1 aromatic carbocycles. The molecule has 0 amide bonds. The molecular weight excluding hydrogens is 346 g/mol. The lowest BCUT2D eigenvalue weighted by Crippen LogP contribution is -2.18. The van der Waals surface area contributed by atoms with E-state index in [0.717, 1.165) is 21.1 Å². The molecule has 0 spiro atoms. The van der Waals surface area contributed by atoms with Gasteiger partial charge in [-0.05, 0) is 24.6 Å². The van der Waals surface area contributed by atoms with Crippen LogP contribution in [0.15, 0.2) is 39.5 Å². The fourth-order valence-corrected chi connectivity index (χ4v) is 3.00. The summed E-state index contributed by atoms with van der Waals surface area (Å²) >= 11 is 7.03. The van der Waals surface area contributed by atoms with Crippen LogP contribution in [0.3, 0.4) is 0 Å². The van der Waals surface area contributed by atoms with Gasteiger partial charge >= 0.3 is 0 Å². The van der Waals surface area contributed by atoms with Gasteiger partial charge in [-0.2, -0.15) is 5.10 Å². The third kappa shape index (κ3) is 3.40. The van der Waals surface area contributed by atoms with E-state index >= 15 is 0 Å². The van der Waals surface area contributed by atoms with E-state index in [1.165, 1.54) is 5.56 Å². The van der Waals surface area contributed by atoms with Gasteiger partial charge in [-0.15, -0.1) is 0 Å². The van der Waals surface area contributed by atoms with Crippen LogP contribution >= 0.6 is 31.9 Å². The summed E-state index contributed by atoms with van der Waals surface area (Å²) in [5, 5.41) is 10.2. The minimum atomic E-state index is 0.285. The Balaban J connectivity index is 2.01. The SMILES string of the molecule is CC(NCc1cn[nH]c1)c1ccc(Br)cc1Br. The molecular formula is C12H13Br2N3. The largest absolute Gasteiger partial charge is 0.306 e. The summed E-state index contributed by atoms with van der Waals surface area (Å²) in [5.41, 5.74) is 2.40. The maximum absolute atomic E-state index is 3.92. The second-order valence-electron chi connectivity index (χ2n) is 3.87. The molecule has 17 heavy (non-hydrogen) atoms. The Morgan fingerprint density at radius 3 is 2.88 bits per heavy atom. The summed E-state index contributed by atoms with van der Waals surface area (Å²) in [6.45, 7) is 2.95. The zero-order chi connectivity index (χ0) is 12.3. The van der Waals surface area contributed by atoms with Gasteiger partial charge in [-0.1, -0.05) is 37.9 Å². The van der Waals surface area contributed by atoms with E-state index in [9.17, 15) is 0 Å². The summed E-state index contributed by atoms with van der Waals surface area (Å²) in [7, 11) is 0. The Kier molecular flexibility index (Phi) is 4.36. The number of aromatic amines is 1. The molecule has 2 rings (SSSR count). The quantitative estimate of drug-likeness (QED) is 0.872. The first-order chi connectivity index (χ1) is 8.16. The second kappa shape index (κ2) is 5.80. The summed E-state index contributed by atoms with van der Waals surface area (Å²) in [4.78, 5) is 0. The fraction of sp³-hybridized carbons (Fsp3) is 0.250. The Hall–Kier alpha value is -0.650. The molecule has 3 nitrogen and oxygen atoms in total. The second-order valence-corrected chi connectivity index (χ2v) is 5.64. The van der Waals surface area contributed by atoms with Crippen LogP contribution in [0.4, 0.5) is 0 Å². The number of nitrogens with one attached hydrogen (secondary N) is 2. The standard InChI is InChI=1S/C12H13Br2N3/c1-8(15-5-9-6-16-17-7-9)11-3-2-10(13)4-12(11)14/h2-4,6-8,15H,5H2,1H3,(H,16,17). The highest BCUT2D eigenvalue weighted by Gasteiger charge is 2.09. The van der Waals surface area contributed by atoms with E-state index in [1.54, 1.807) is 0 Å². The molecule has 0 aliphatic rings. The smallest absolute Gasteiger partial charge is 0.0532 e. The summed E-state index contributed by atoms with van der Waals surface area (Å²) < 4.78 is 2.19. The van der Waals surface area contributed by atoms with Crippen LogP contribution in [0.5, 0.6) is 0 Å². The third-order valence-electron chi connectivity index (χ3n) is 2.60. The molecule has 0 aliphatic heterocycles. The number of nitrogens with zero attached hydrogens (tertiary/aromatic N) is 1. The molecule has 2 aromatic rings. The van der Waals surface area contributed by atoms with Crippen molar-refractivity contribution in [1.82, 2.24) is 15.5 Å². The number of H-pyrrole nitrogens is 1. The molecule has 5 heteroatoms. The normalized spacial score (nSPS) is 12.6. The Morgan fingerprint density at radius 2 is 2.24 bits per heavy atom. The number of rotatable bonds is 4. The predicted octanol–water partition coefficient (Wildman–Crippen LogP) is 3.79. The van der Waals surface area contributed by atoms with Gasteiger partial charge < -0.3 is 5.32 Å². The number of hydrogen-bond donors (Lipinski definition) is 2. The van der Waals surface area contributed by atoms with Crippen LogP contribution in [-0.2, 0) is 6.54 Å². The Morgan fingerprint density at radius 1 is 1.41 bits per heavy atom. The molecule has 0 radical (unpaired) electrons. The molecule has 1 atom stereocenters. The van der Waals surface area contributed by atoms with E-state index in [1.807, 2.05) is 12.4 Å². The van der Waals surface area contributed by atoms with E-state index < -0.39 is 0 Å². The van der Waals surface area contributed by atoms with Crippen molar-refractivity contribution < 1.29 is 0 Å². The highest BCUT2D eigenvalue weighted by atomic mass is 79.9. The minimum Gasteiger partial charge on any atom is -0.306 e. The first kappa shape index (κ1) is 12.8. The van der Waals surface area contributed by atoms with Crippen molar-refractivity contribution in [3.05, 3.63) is 50.7 Å². The van der Waals surface area contributed by atoms with Gasteiger partial charge in [-0.25, -0.2) is 0 Å². The molecule has 0 saturated heterocycles. The molecule has 90 valence electrons. The topological polar surface area (TPSA) is 40.7 Å². The molecule has 0 aliphatic carbocycles. The maximum Gasteiger partial charge on any atom is 0.0532 e. The number of halogens is 2. The molecule has 1 unspecified atom stereocenters. The van der Waals surface area contributed by atoms with Crippen LogP contribution in [0, 0.1) is 0 Å². The fourth-order valence-electron chi connectivity index (χ4n) is 1.61. The number of hydrogen-bond acceptors (Lipinski definition) is 2. The lowest BCUT2D eigenvalue weighted by atomic mass is 10.1. The average molecular weight is 359 g/mol. The van der Waals surface area contributed by atoms with Gasteiger partial charge in [0.1, 0.15) is 0 Å². The van der Waals surface area contributed by atoms with Gasteiger partial charge in [0.25, 0.3) is 0 Å². The van der Waals surface area contributed by atoms with E-state index in [0.29, 0.717) is 0 Å². The first-order valence-corrected chi connectivity index (χ1v) is 6.91. The van der Waals surface area contributed by atoms with Crippen LogP contribution in [0.2, 0.25) is 0 Å². The van der Waals surface area contributed by atoms with E-state index in [4.69, 9.17) is 0 Å². The maximum atomic E-state index is 3.92.